The highest BCUT2D eigenvalue weighted by molar-refractivity contribution is 5.37. The normalized spacial score (nSPS) is 12.0. The molecule has 0 saturated carbocycles. The number of methoxy groups -OCH3 is 1. The van der Waals surface area contributed by atoms with Crippen molar-refractivity contribution in [2.24, 2.45) is 0 Å². The number of benzene rings is 1. The van der Waals surface area contributed by atoms with Crippen LogP contribution in [0.5, 0.6) is 5.88 Å². The van der Waals surface area contributed by atoms with Gasteiger partial charge in [-0.3, -0.25) is 0 Å². The Morgan fingerprint density at radius 3 is 2.58 bits per heavy atom. The van der Waals surface area contributed by atoms with Crippen molar-refractivity contribution in [3.05, 3.63) is 47.2 Å². The first-order valence-corrected chi connectivity index (χ1v) is 6.32. The second-order valence-electron chi connectivity index (χ2n) is 4.60. The van der Waals surface area contributed by atoms with Crippen LogP contribution in [0, 0.1) is 13.8 Å². The lowest BCUT2D eigenvalue weighted by Gasteiger charge is -2.17. The van der Waals surface area contributed by atoms with Gasteiger partial charge in [0.15, 0.2) is 0 Å². The van der Waals surface area contributed by atoms with E-state index in [-0.39, 0.29) is 6.04 Å². The van der Waals surface area contributed by atoms with Crippen molar-refractivity contribution in [1.82, 2.24) is 9.97 Å². The van der Waals surface area contributed by atoms with Gasteiger partial charge >= 0.3 is 0 Å². The smallest absolute Gasteiger partial charge is 0.226 e. The largest absolute Gasteiger partial charge is 0.481 e. The fourth-order valence-corrected chi connectivity index (χ4v) is 2.05. The summed E-state index contributed by atoms with van der Waals surface area (Å²) >= 11 is 0. The molecule has 1 unspecified atom stereocenters. The Balaban J connectivity index is 2.21. The lowest BCUT2D eigenvalue weighted by atomic mass is 10.0. The Morgan fingerprint density at radius 1 is 1.16 bits per heavy atom. The van der Waals surface area contributed by atoms with Gasteiger partial charge in [-0.1, -0.05) is 24.3 Å². The minimum atomic E-state index is 0.146. The third kappa shape index (κ3) is 3.22. The maximum Gasteiger partial charge on any atom is 0.226 e. The second kappa shape index (κ2) is 5.69. The van der Waals surface area contributed by atoms with Crippen molar-refractivity contribution in [3.8, 4) is 5.88 Å². The Morgan fingerprint density at radius 2 is 1.89 bits per heavy atom. The molecule has 1 heterocycles. The van der Waals surface area contributed by atoms with Gasteiger partial charge in [0.2, 0.25) is 11.8 Å². The van der Waals surface area contributed by atoms with Crippen molar-refractivity contribution >= 4 is 5.95 Å². The number of aryl methyl sites for hydroxylation is 2. The monoisotopic (exact) mass is 257 g/mol. The van der Waals surface area contributed by atoms with Crippen LogP contribution in [0.1, 0.15) is 29.8 Å². The molecule has 4 nitrogen and oxygen atoms in total. The van der Waals surface area contributed by atoms with Gasteiger partial charge < -0.3 is 10.1 Å². The van der Waals surface area contributed by atoms with Crippen molar-refractivity contribution in [2.75, 3.05) is 12.4 Å². The van der Waals surface area contributed by atoms with Crippen LogP contribution in [0.2, 0.25) is 0 Å². The van der Waals surface area contributed by atoms with Crippen LogP contribution in [0.25, 0.3) is 0 Å². The molecule has 0 amide bonds. The molecule has 4 heteroatoms. The van der Waals surface area contributed by atoms with E-state index in [1.165, 1.54) is 11.1 Å². The van der Waals surface area contributed by atoms with E-state index in [2.05, 4.69) is 41.3 Å². The number of aromatic nitrogens is 2. The third-order valence-electron chi connectivity index (χ3n) is 3.04. The Kier molecular flexibility index (Phi) is 4.00. The third-order valence-corrected chi connectivity index (χ3v) is 3.04. The maximum absolute atomic E-state index is 5.16. The van der Waals surface area contributed by atoms with Crippen molar-refractivity contribution < 1.29 is 4.74 Å². The minimum absolute atomic E-state index is 0.146. The van der Waals surface area contributed by atoms with Gasteiger partial charge in [-0.05, 0) is 31.9 Å². The minimum Gasteiger partial charge on any atom is -0.481 e. The molecule has 1 N–H and O–H groups in total. The fourth-order valence-electron chi connectivity index (χ4n) is 2.05. The Bertz CT molecular complexity index is 569. The summed E-state index contributed by atoms with van der Waals surface area (Å²) in [5.74, 6) is 1.17. The molecule has 19 heavy (non-hydrogen) atoms. The Labute approximate surface area is 113 Å². The molecule has 1 atom stereocenters. The number of ether oxygens (including phenoxy) is 1. The summed E-state index contributed by atoms with van der Waals surface area (Å²) in [4.78, 5) is 8.68. The van der Waals surface area contributed by atoms with Crippen LogP contribution in [-0.4, -0.2) is 17.1 Å². The molecular weight excluding hydrogens is 238 g/mol. The standard InChI is InChI=1S/C15H19N3O/c1-10-7-5-6-8-13(10)12(3)17-15-16-11(2)9-14(18-15)19-4/h5-9,12H,1-4H3,(H,16,17,18). The van der Waals surface area contributed by atoms with Gasteiger partial charge in [0.1, 0.15) is 0 Å². The zero-order valence-corrected chi connectivity index (χ0v) is 11.8. The van der Waals surface area contributed by atoms with Crippen molar-refractivity contribution in [3.63, 3.8) is 0 Å². The highest BCUT2D eigenvalue weighted by atomic mass is 16.5. The van der Waals surface area contributed by atoms with Gasteiger partial charge in [0, 0.05) is 11.8 Å². The summed E-state index contributed by atoms with van der Waals surface area (Å²) in [7, 11) is 1.61. The molecule has 0 fully saturated rings. The molecule has 0 bridgehead atoms. The predicted molar refractivity (Wildman–Crippen MR) is 76.5 cm³/mol. The molecule has 1 aromatic heterocycles. The molecule has 2 aromatic rings. The van der Waals surface area contributed by atoms with E-state index in [9.17, 15) is 0 Å². The van der Waals surface area contributed by atoms with Gasteiger partial charge in [-0.15, -0.1) is 0 Å². The molecule has 100 valence electrons. The Hall–Kier alpha value is -2.10. The number of nitrogens with one attached hydrogen (secondary N) is 1. The highest BCUT2D eigenvalue weighted by Gasteiger charge is 2.10. The summed E-state index contributed by atoms with van der Waals surface area (Å²) in [5.41, 5.74) is 3.38. The second-order valence-corrected chi connectivity index (χ2v) is 4.60. The molecular formula is C15H19N3O. The van der Waals surface area contributed by atoms with Gasteiger partial charge in [-0.25, -0.2) is 4.98 Å². The van der Waals surface area contributed by atoms with Crippen molar-refractivity contribution in [1.29, 1.82) is 0 Å². The summed E-state index contributed by atoms with van der Waals surface area (Å²) in [6.45, 7) is 6.12. The zero-order valence-electron chi connectivity index (χ0n) is 11.8. The topological polar surface area (TPSA) is 47.0 Å². The zero-order chi connectivity index (χ0) is 13.8. The lowest BCUT2D eigenvalue weighted by Crippen LogP contribution is -2.11. The molecule has 2 rings (SSSR count). The average Bonchev–Trinajstić information content (AvgIpc) is 2.38. The molecule has 0 aliphatic rings. The van der Waals surface area contributed by atoms with Crippen LogP contribution in [0.4, 0.5) is 5.95 Å². The first-order chi connectivity index (χ1) is 9.10. The van der Waals surface area contributed by atoms with Crippen LogP contribution >= 0.6 is 0 Å². The molecule has 0 aliphatic carbocycles. The average molecular weight is 257 g/mol. The van der Waals surface area contributed by atoms with E-state index in [4.69, 9.17) is 4.74 Å². The van der Waals surface area contributed by atoms with E-state index in [1.807, 2.05) is 25.1 Å². The van der Waals surface area contributed by atoms with Crippen LogP contribution in [0.3, 0.4) is 0 Å². The van der Waals surface area contributed by atoms with E-state index in [1.54, 1.807) is 7.11 Å². The van der Waals surface area contributed by atoms with E-state index in [0.29, 0.717) is 11.8 Å². The summed E-state index contributed by atoms with van der Waals surface area (Å²) < 4.78 is 5.16. The van der Waals surface area contributed by atoms with E-state index < -0.39 is 0 Å². The van der Waals surface area contributed by atoms with Crippen LogP contribution in [-0.2, 0) is 0 Å². The number of nitrogens with zero attached hydrogens (tertiary/aromatic N) is 2. The summed E-state index contributed by atoms with van der Waals surface area (Å²) in [6, 6.07) is 10.2. The molecule has 1 aromatic carbocycles. The number of hydrogen-bond donors (Lipinski definition) is 1. The van der Waals surface area contributed by atoms with E-state index >= 15 is 0 Å². The molecule has 0 saturated heterocycles. The van der Waals surface area contributed by atoms with Gasteiger partial charge in [-0.2, -0.15) is 4.98 Å². The summed E-state index contributed by atoms with van der Waals surface area (Å²) in [5, 5.41) is 3.31. The van der Waals surface area contributed by atoms with Crippen molar-refractivity contribution in [2.45, 2.75) is 26.8 Å². The van der Waals surface area contributed by atoms with Crippen LogP contribution < -0.4 is 10.1 Å². The first-order valence-electron chi connectivity index (χ1n) is 6.32. The molecule has 0 spiro atoms. The highest BCUT2D eigenvalue weighted by Crippen LogP contribution is 2.21. The summed E-state index contributed by atoms with van der Waals surface area (Å²) in [6.07, 6.45) is 0. The first kappa shape index (κ1) is 13.3. The van der Waals surface area contributed by atoms with Crippen LogP contribution in [0.15, 0.2) is 30.3 Å². The van der Waals surface area contributed by atoms with Gasteiger partial charge in [0.25, 0.3) is 0 Å². The number of anilines is 1. The fraction of sp³-hybridized carbons (Fsp3) is 0.333. The SMILES string of the molecule is COc1cc(C)nc(NC(C)c2ccccc2C)n1. The number of hydrogen-bond acceptors (Lipinski definition) is 4. The lowest BCUT2D eigenvalue weighted by molar-refractivity contribution is 0.397. The van der Waals surface area contributed by atoms with Gasteiger partial charge in [0.05, 0.1) is 13.2 Å². The molecule has 0 aliphatic heterocycles. The predicted octanol–water partition coefficient (Wildman–Crippen LogP) is 3.28. The van der Waals surface area contributed by atoms with E-state index in [0.717, 1.165) is 5.69 Å². The quantitative estimate of drug-likeness (QED) is 0.913. The molecule has 0 radical (unpaired) electrons. The maximum atomic E-state index is 5.16. The number of rotatable bonds is 4.